The second-order valence-corrected chi connectivity index (χ2v) is 13.5. The van der Waals surface area contributed by atoms with Gasteiger partial charge in [0.15, 0.2) is 0 Å². The Kier molecular flexibility index (Phi) is 9.72. The van der Waals surface area contributed by atoms with Crippen molar-refractivity contribution in [2.24, 2.45) is 23.7 Å². The van der Waals surface area contributed by atoms with Gasteiger partial charge in [0, 0.05) is 36.9 Å². The molecule has 0 radical (unpaired) electrons. The van der Waals surface area contributed by atoms with E-state index in [-0.39, 0.29) is 5.92 Å². The minimum Gasteiger partial charge on any atom is -0.369 e. The van der Waals surface area contributed by atoms with Crippen LogP contribution in [-0.2, 0) is 17.6 Å². The highest BCUT2D eigenvalue weighted by Crippen LogP contribution is 2.41. The van der Waals surface area contributed by atoms with E-state index in [0.717, 1.165) is 69.3 Å². The highest BCUT2D eigenvalue weighted by Gasteiger charge is 2.33. The summed E-state index contributed by atoms with van der Waals surface area (Å²) >= 11 is 0. The first-order valence-electron chi connectivity index (χ1n) is 16.9. The third-order valence-corrected chi connectivity index (χ3v) is 10.3. The molecule has 0 aromatic heterocycles. The number of nitrogens with zero attached hydrogens (tertiary/aromatic N) is 1. The molecule has 3 atom stereocenters. The fourth-order valence-corrected chi connectivity index (χ4v) is 7.78. The van der Waals surface area contributed by atoms with Crippen LogP contribution in [0.15, 0.2) is 91.0 Å². The van der Waals surface area contributed by atoms with Crippen molar-refractivity contribution in [3.63, 3.8) is 0 Å². The third kappa shape index (κ3) is 7.35. The lowest BCUT2D eigenvalue weighted by Gasteiger charge is -2.34. The average molecular weight is 592 g/mol. The number of carbonyl (C=O) groups excluding carboxylic acids is 1. The summed E-state index contributed by atoms with van der Waals surface area (Å²) in [6.45, 7) is 4.06. The highest BCUT2D eigenvalue weighted by molar-refractivity contribution is 5.86. The smallest absolute Gasteiger partial charge is 0.140 e. The van der Waals surface area contributed by atoms with Crippen LogP contribution >= 0.6 is 0 Å². The first kappa shape index (κ1) is 30.7. The van der Waals surface area contributed by atoms with Crippen LogP contribution in [0, 0.1) is 48.4 Å². The Hall–Kier alpha value is -4.27. The molecule has 2 nitrogen and oxygen atoms in total. The molecule has 1 aliphatic heterocycles. The van der Waals surface area contributed by atoms with Gasteiger partial charge in [-0.15, -0.1) is 18.8 Å². The van der Waals surface area contributed by atoms with E-state index in [1.807, 2.05) is 6.07 Å². The molecule has 0 amide bonds. The number of hydrogen-bond donors (Lipinski definition) is 0. The lowest BCUT2D eigenvalue weighted by Crippen LogP contribution is -2.27. The van der Waals surface area contributed by atoms with Gasteiger partial charge in [-0.05, 0) is 103 Å². The van der Waals surface area contributed by atoms with Gasteiger partial charge in [0.1, 0.15) is 5.78 Å². The molecule has 2 aliphatic carbocycles. The number of Topliss-reactive ketones (excluding diaryl/α,β-unsaturated/α-hetero) is 1. The van der Waals surface area contributed by atoms with Crippen molar-refractivity contribution in [1.29, 1.82) is 0 Å². The molecule has 2 heteroatoms. The summed E-state index contributed by atoms with van der Waals surface area (Å²) in [5, 5.41) is 0. The molecule has 0 bridgehead atoms. The molecule has 1 heterocycles. The van der Waals surface area contributed by atoms with Crippen LogP contribution in [0.25, 0.3) is 5.57 Å². The number of ketones is 1. The number of anilines is 1. The number of terminal acetylenes is 2. The van der Waals surface area contributed by atoms with Crippen molar-refractivity contribution >= 4 is 17.0 Å². The van der Waals surface area contributed by atoms with E-state index in [9.17, 15) is 4.79 Å². The van der Waals surface area contributed by atoms with Gasteiger partial charge in [-0.2, -0.15) is 0 Å². The lowest BCUT2D eigenvalue weighted by atomic mass is 9.70. The first-order valence-corrected chi connectivity index (χ1v) is 16.9. The highest BCUT2D eigenvalue weighted by atomic mass is 16.1. The van der Waals surface area contributed by atoms with E-state index in [1.54, 1.807) is 0 Å². The number of benzene rings is 3. The van der Waals surface area contributed by atoms with Crippen LogP contribution in [0.3, 0.4) is 0 Å². The molecule has 3 aromatic rings. The second-order valence-electron chi connectivity index (χ2n) is 13.5. The van der Waals surface area contributed by atoms with Gasteiger partial charge in [0.2, 0.25) is 0 Å². The largest absolute Gasteiger partial charge is 0.369 e. The summed E-state index contributed by atoms with van der Waals surface area (Å²) in [7, 11) is 0. The molecule has 2 fully saturated rings. The number of hydrogen-bond acceptors (Lipinski definition) is 2. The first-order chi connectivity index (χ1) is 22.0. The van der Waals surface area contributed by atoms with Crippen molar-refractivity contribution < 1.29 is 4.79 Å². The Bertz CT molecular complexity index is 1620. The Morgan fingerprint density at radius 1 is 0.933 bits per heavy atom. The molecule has 3 aromatic carbocycles. The lowest BCUT2D eigenvalue weighted by molar-refractivity contribution is -0.122. The standard InChI is InChI=1S/C43H45NO/c1-4-32-25-26-44(30-32)41-29-35(14-17-36(41)5-2)28-34-12-18-38(19-13-34)43(42(45)24-15-33-9-7-6-8-10-33)39-22-20-37(21-23-39)40-16-11-31(3)27-40/h1-2,6-11,14,16-17,20-23,27,29,31-32,34,38,43H,12-13,15,18-19,24-26,28,30H2,3H3. The number of carbonyl (C=O) groups is 1. The molecular weight excluding hydrogens is 546 g/mol. The molecule has 1 saturated carbocycles. The van der Waals surface area contributed by atoms with E-state index in [4.69, 9.17) is 12.8 Å². The van der Waals surface area contributed by atoms with Crippen molar-refractivity contribution in [3.05, 3.63) is 119 Å². The Labute approximate surface area is 270 Å². The zero-order chi connectivity index (χ0) is 31.2. The van der Waals surface area contributed by atoms with E-state index in [2.05, 4.69) is 109 Å². The summed E-state index contributed by atoms with van der Waals surface area (Å²) in [6, 6.07) is 25.9. The normalized spacial score (nSPS) is 23.3. The van der Waals surface area contributed by atoms with Crippen LogP contribution in [-0.4, -0.2) is 18.9 Å². The molecule has 3 unspecified atom stereocenters. The van der Waals surface area contributed by atoms with Gasteiger partial charge in [-0.1, -0.05) is 91.7 Å². The summed E-state index contributed by atoms with van der Waals surface area (Å²) in [5.41, 5.74) is 8.40. The molecule has 0 N–H and O–H groups in total. The van der Waals surface area contributed by atoms with E-state index < -0.39 is 0 Å². The zero-order valence-corrected chi connectivity index (χ0v) is 26.6. The Morgan fingerprint density at radius 2 is 1.71 bits per heavy atom. The summed E-state index contributed by atoms with van der Waals surface area (Å²) in [6.07, 6.45) is 26.3. The van der Waals surface area contributed by atoms with Crippen molar-refractivity contribution in [2.45, 2.75) is 64.2 Å². The molecule has 6 rings (SSSR count). The van der Waals surface area contributed by atoms with Crippen LogP contribution in [0.2, 0.25) is 0 Å². The molecule has 228 valence electrons. The Morgan fingerprint density at radius 3 is 2.38 bits per heavy atom. The third-order valence-electron chi connectivity index (χ3n) is 10.3. The zero-order valence-electron chi connectivity index (χ0n) is 26.6. The van der Waals surface area contributed by atoms with E-state index >= 15 is 0 Å². The molecule has 3 aliphatic rings. The second kappa shape index (κ2) is 14.2. The molecule has 45 heavy (non-hydrogen) atoms. The van der Waals surface area contributed by atoms with Gasteiger partial charge in [0.05, 0.1) is 5.69 Å². The maximum absolute atomic E-state index is 14.0. The van der Waals surface area contributed by atoms with Crippen LogP contribution in [0.5, 0.6) is 0 Å². The molecule has 1 saturated heterocycles. The average Bonchev–Trinajstić information content (AvgIpc) is 3.75. The number of rotatable bonds is 10. The predicted molar refractivity (Wildman–Crippen MR) is 188 cm³/mol. The summed E-state index contributed by atoms with van der Waals surface area (Å²) in [5.74, 6) is 7.93. The van der Waals surface area contributed by atoms with Crippen molar-refractivity contribution in [3.8, 4) is 24.7 Å². The van der Waals surface area contributed by atoms with E-state index in [1.165, 1.54) is 27.8 Å². The van der Waals surface area contributed by atoms with Crippen molar-refractivity contribution in [1.82, 2.24) is 0 Å². The summed E-state index contributed by atoms with van der Waals surface area (Å²) < 4.78 is 0. The predicted octanol–water partition coefficient (Wildman–Crippen LogP) is 9.05. The molecular formula is C43H45NO. The van der Waals surface area contributed by atoms with E-state index in [0.29, 0.717) is 35.9 Å². The van der Waals surface area contributed by atoms with Gasteiger partial charge in [-0.3, -0.25) is 4.79 Å². The van der Waals surface area contributed by atoms with Gasteiger partial charge < -0.3 is 4.90 Å². The van der Waals surface area contributed by atoms with Crippen LogP contribution < -0.4 is 4.90 Å². The molecule has 0 spiro atoms. The monoisotopic (exact) mass is 591 g/mol. The Balaban J connectivity index is 1.14. The minimum atomic E-state index is -0.0449. The summed E-state index contributed by atoms with van der Waals surface area (Å²) in [4.78, 5) is 16.4. The minimum absolute atomic E-state index is 0.0449. The number of aryl methyl sites for hydroxylation is 1. The van der Waals surface area contributed by atoms with Gasteiger partial charge in [-0.25, -0.2) is 0 Å². The topological polar surface area (TPSA) is 20.3 Å². The fourth-order valence-electron chi connectivity index (χ4n) is 7.78. The van der Waals surface area contributed by atoms with Crippen LogP contribution in [0.4, 0.5) is 5.69 Å². The van der Waals surface area contributed by atoms with Gasteiger partial charge in [0.25, 0.3) is 0 Å². The SMILES string of the molecule is C#Cc1ccc(CC2CCC(C(C(=O)CCc3ccccc3)c3ccc(C4=CC(C)C=C4)cc3)CC2)cc1N1CCC(C#C)C1. The maximum atomic E-state index is 14.0. The quantitative estimate of drug-likeness (QED) is 0.219. The number of allylic oxidation sites excluding steroid dienone is 4. The maximum Gasteiger partial charge on any atom is 0.140 e. The van der Waals surface area contributed by atoms with Crippen LogP contribution in [0.1, 0.15) is 79.2 Å². The van der Waals surface area contributed by atoms with Gasteiger partial charge >= 0.3 is 0 Å². The van der Waals surface area contributed by atoms with Crippen molar-refractivity contribution in [2.75, 3.05) is 18.0 Å². The fraction of sp³-hybridized carbons (Fsp3) is 0.372.